The minimum Gasteiger partial charge on any atom is -0.379 e. The predicted octanol–water partition coefficient (Wildman–Crippen LogP) is 2.25. The third-order valence-electron chi connectivity index (χ3n) is 3.27. The highest BCUT2D eigenvalue weighted by atomic mass is 16.5. The summed E-state index contributed by atoms with van der Waals surface area (Å²) in [5.41, 5.74) is 5.81. The molecule has 2 N–H and O–H groups in total. The van der Waals surface area contributed by atoms with Crippen LogP contribution in [0.2, 0.25) is 0 Å². The highest BCUT2D eigenvalue weighted by Crippen LogP contribution is 2.19. The first-order valence-electron chi connectivity index (χ1n) is 6.50. The Morgan fingerprint density at radius 2 is 1.94 bits per heavy atom. The third-order valence-corrected chi connectivity index (χ3v) is 3.27. The first-order chi connectivity index (χ1) is 7.50. The van der Waals surface area contributed by atoms with Crippen molar-refractivity contribution in [3.63, 3.8) is 0 Å². The molecule has 3 nitrogen and oxygen atoms in total. The molecule has 0 radical (unpaired) electrons. The molecule has 0 aromatic rings. The van der Waals surface area contributed by atoms with Gasteiger partial charge in [-0.1, -0.05) is 20.3 Å². The van der Waals surface area contributed by atoms with E-state index in [-0.39, 0.29) is 5.60 Å². The molecule has 0 aliphatic heterocycles. The van der Waals surface area contributed by atoms with Gasteiger partial charge >= 0.3 is 0 Å². The quantitative estimate of drug-likeness (QED) is 0.660. The smallest absolute Gasteiger partial charge is 0.0638 e. The topological polar surface area (TPSA) is 38.5 Å². The number of nitrogens with two attached hydrogens (primary N) is 1. The van der Waals surface area contributed by atoms with Crippen LogP contribution in [0.5, 0.6) is 0 Å². The molecule has 0 fully saturated rings. The molecule has 0 aromatic carbocycles. The van der Waals surface area contributed by atoms with Crippen LogP contribution in [-0.4, -0.2) is 43.3 Å². The second-order valence-corrected chi connectivity index (χ2v) is 5.04. The molecule has 0 aromatic heterocycles. The number of nitrogens with zero attached hydrogens (tertiary/aromatic N) is 1. The Hall–Kier alpha value is -0.120. The van der Waals surface area contributed by atoms with Crippen molar-refractivity contribution >= 4 is 0 Å². The molecule has 0 heterocycles. The van der Waals surface area contributed by atoms with Crippen LogP contribution in [0.25, 0.3) is 0 Å². The number of hydrogen-bond acceptors (Lipinski definition) is 3. The van der Waals surface area contributed by atoms with Gasteiger partial charge in [0.05, 0.1) is 5.60 Å². The van der Waals surface area contributed by atoms with Gasteiger partial charge in [0, 0.05) is 19.7 Å². The second-order valence-electron chi connectivity index (χ2n) is 5.04. The number of ether oxygens (including phenoxy) is 1. The van der Waals surface area contributed by atoms with Crippen molar-refractivity contribution in [3.05, 3.63) is 0 Å². The van der Waals surface area contributed by atoms with E-state index >= 15 is 0 Å². The first kappa shape index (κ1) is 15.9. The van der Waals surface area contributed by atoms with Gasteiger partial charge in [-0.15, -0.1) is 0 Å². The normalized spacial score (nSPS) is 14.4. The summed E-state index contributed by atoms with van der Waals surface area (Å²) in [7, 11) is 1.77. The Balaban J connectivity index is 4.31. The Labute approximate surface area is 101 Å². The van der Waals surface area contributed by atoms with E-state index < -0.39 is 0 Å². The van der Waals surface area contributed by atoms with Gasteiger partial charge in [0.15, 0.2) is 0 Å². The SMILES string of the molecule is CCCCN(CC)C(CN)CC(C)(C)OC. The maximum atomic E-state index is 5.89. The zero-order chi connectivity index (χ0) is 12.6. The standard InChI is InChI=1S/C13H30N2O/c1-6-8-9-15(7-2)12(11-14)10-13(3,4)16-5/h12H,6-11,14H2,1-5H3. The molecular formula is C13H30N2O. The summed E-state index contributed by atoms with van der Waals surface area (Å²) < 4.78 is 5.49. The van der Waals surface area contributed by atoms with Crippen molar-refractivity contribution < 1.29 is 4.74 Å². The highest BCUT2D eigenvalue weighted by Gasteiger charge is 2.25. The summed E-state index contributed by atoms with van der Waals surface area (Å²) in [6, 6.07) is 0.437. The van der Waals surface area contributed by atoms with Crippen LogP contribution in [0.3, 0.4) is 0 Å². The molecule has 0 amide bonds. The Bertz CT molecular complexity index is 171. The van der Waals surface area contributed by atoms with Gasteiger partial charge in [-0.25, -0.2) is 0 Å². The summed E-state index contributed by atoms with van der Waals surface area (Å²) >= 11 is 0. The van der Waals surface area contributed by atoms with E-state index in [0.717, 1.165) is 19.5 Å². The molecule has 1 atom stereocenters. The van der Waals surface area contributed by atoms with Gasteiger partial charge in [0.25, 0.3) is 0 Å². The molecular weight excluding hydrogens is 200 g/mol. The second kappa shape index (κ2) is 8.04. The molecule has 0 bridgehead atoms. The lowest BCUT2D eigenvalue weighted by Crippen LogP contribution is -2.45. The Morgan fingerprint density at radius 1 is 1.31 bits per heavy atom. The number of rotatable bonds is 9. The maximum absolute atomic E-state index is 5.89. The van der Waals surface area contributed by atoms with Crippen molar-refractivity contribution in [3.8, 4) is 0 Å². The van der Waals surface area contributed by atoms with Crippen molar-refractivity contribution in [2.75, 3.05) is 26.7 Å². The summed E-state index contributed by atoms with van der Waals surface area (Å²) in [4.78, 5) is 2.48. The minimum atomic E-state index is -0.0797. The van der Waals surface area contributed by atoms with Crippen LogP contribution < -0.4 is 5.73 Å². The molecule has 1 unspecified atom stereocenters. The number of methoxy groups -OCH3 is 1. The van der Waals surface area contributed by atoms with E-state index in [2.05, 4.69) is 32.6 Å². The lowest BCUT2D eigenvalue weighted by atomic mass is 9.97. The molecule has 0 aliphatic rings. The number of unbranched alkanes of at least 4 members (excludes halogenated alkanes) is 1. The van der Waals surface area contributed by atoms with Crippen LogP contribution in [0.4, 0.5) is 0 Å². The average Bonchev–Trinajstić information content (AvgIpc) is 2.28. The van der Waals surface area contributed by atoms with E-state index in [0.29, 0.717) is 12.6 Å². The van der Waals surface area contributed by atoms with E-state index in [4.69, 9.17) is 10.5 Å². The predicted molar refractivity (Wildman–Crippen MR) is 70.7 cm³/mol. The Morgan fingerprint density at radius 3 is 2.31 bits per heavy atom. The largest absolute Gasteiger partial charge is 0.379 e. The van der Waals surface area contributed by atoms with Crippen LogP contribution >= 0.6 is 0 Å². The molecule has 0 aliphatic carbocycles. The van der Waals surface area contributed by atoms with E-state index in [1.165, 1.54) is 12.8 Å². The van der Waals surface area contributed by atoms with Gasteiger partial charge in [0.2, 0.25) is 0 Å². The molecule has 16 heavy (non-hydrogen) atoms. The average molecular weight is 230 g/mol. The fraction of sp³-hybridized carbons (Fsp3) is 1.00. The summed E-state index contributed by atoms with van der Waals surface area (Å²) in [5.74, 6) is 0. The number of hydrogen-bond donors (Lipinski definition) is 1. The highest BCUT2D eigenvalue weighted by molar-refractivity contribution is 4.81. The van der Waals surface area contributed by atoms with Gasteiger partial charge in [0.1, 0.15) is 0 Å². The molecule has 0 rings (SSSR count). The fourth-order valence-electron chi connectivity index (χ4n) is 1.97. The number of likely N-dealkylation sites (N-methyl/N-ethyl adjacent to an activating group) is 1. The van der Waals surface area contributed by atoms with Crippen molar-refractivity contribution in [1.29, 1.82) is 0 Å². The van der Waals surface area contributed by atoms with Crippen LogP contribution in [0.15, 0.2) is 0 Å². The maximum Gasteiger partial charge on any atom is 0.0638 e. The Kier molecular flexibility index (Phi) is 7.98. The van der Waals surface area contributed by atoms with Crippen molar-refractivity contribution in [1.82, 2.24) is 4.90 Å². The molecule has 98 valence electrons. The van der Waals surface area contributed by atoms with Gasteiger partial charge in [-0.05, 0) is 39.8 Å². The van der Waals surface area contributed by atoms with Gasteiger partial charge in [-0.2, -0.15) is 0 Å². The van der Waals surface area contributed by atoms with E-state index in [9.17, 15) is 0 Å². The monoisotopic (exact) mass is 230 g/mol. The summed E-state index contributed by atoms with van der Waals surface area (Å²) in [6.07, 6.45) is 3.48. The van der Waals surface area contributed by atoms with Crippen LogP contribution in [0, 0.1) is 0 Å². The lowest BCUT2D eigenvalue weighted by molar-refractivity contribution is -0.00717. The first-order valence-corrected chi connectivity index (χ1v) is 6.50. The van der Waals surface area contributed by atoms with Gasteiger partial charge < -0.3 is 10.5 Å². The molecule has 0 spiro atoms. The van der Waals surface area contributed by atoms with Crippen molar-refractivity contribution in [2.24, 2.45) is 5.73 Å². The zero-order valence-electron chi connectivity index (χ0n) is 11.8. The van der Waals surface area contributed by atoms with Crippen LogP contribution in [-0.2, 0) is 4.74 Å². The van der Waals surface area contributed by atoms with Crippen LogP contribution in [0.1, 0.15) is 47.0 Å². The van der Waals surface area contributed by atoms with E-state index in [1.54, 1.807) is 7.11 Å². The summed E-state index contributed by atoms with van der Waals surface area (Å²) in [6.45, 7) is 11.6. The third kappa shape index (κ3) is 5.83. The van der Waals surface area contributed by atoms with Crippen molar-refractivity contribution in [2.45, 2.75) is 58.6 Å². The molecule has 0 saturated carbocycles. The molecule has 3 heteroatoms. The lowest BCUT2D eigenvalue weighted by Gasteiger charge is -2.35. The van der Waals surface area contributed by atoms with Gasteiger partial charge in [-0.3, -0.25) is 4.90 Å². The fourth-order valence-corrected chi connectivity index (χ4v) is 1.97. The van der Waals surface area contributed by atoms with E-state index in [1.807, 2.05) is 0 Å². The minimum absolute atomic E-state index is 0.0797. The summed E-state index contributed by atoms with van der Waals surface area (Å²) in [5, 5.41) is 0. The zero-order valence-corrected chi connectivity index (χ0v) is 11.8. The molecule has 0 saturated heterocycles.